The van der Waals surface area contributed by atoms with Gasteiger partial charge in [0, 0.05) is 0 Å². The third kappa shape index (κ3) is 3.51. The number of rotatable bonds is 5. The predicted molar refractivity (Wildman–Crippen MR) is 77.7 cm³/mol. The van der Waals surface area contributed by atoms with Crippen molar-refractivity contribution in [1.29, 1.82) is 0 Å². The molecule has 2 rings (SSSR count). The number of hydrogen-bond donors (Lipinski definition) is 3. The second kappa shape index (κ2) is 6.57. The first kappa shape index (κ1) is 15.3. The van der Waals surface area contributed by atoms with E-state index in [-0.39, 0.29) is 17.0 Å². The van der Waals surface area contributed by atoms with Crippen LogP contribution in [0.2, 0.25) is 0 Å². The van der Waals surface area contributed by atoms with Crippen LogP contribution in [0.4, 0.5) is 5.69 Å². The molecule has 3 N–H and O–H groups in total. The summed E-state index contributed by atoms with van der Waals surface area (Å²) in [5.74, 6) is -2.14. The van der Waals surface area contributed by atoms with E-state index in [2.05, 4.69) is 10.6 Å². The molecule has 1 atom stereocenters. The first-order chi connectivity index (χ1) is 10.5. The van der Waals surface area contributed by atoms with Crippen molar-refractivity contribution in [3.8, 4) is 0 Å². The van der Waals surface area contributed by atoms with Gasteiger partial charge in [0.25, 0.3) is 11.8 Å². The molecule has 7 nitrogen and oxygen atoms in total. The number of anilines is 1. The molecule has 0 aliphatic heterocycles. The van der Waals surface area contributed by atoms with Crippen molar-refractivity contribution < 1.29 is 23.9 Å². The van der Waals surface area contributed by atoms with E-state index in [1.54, 1.807) is 24.3 Å². The number of aliphatic carboxylic acids is 1. The fraction of sp³-hybridized carbons (Fsp3) is 0.133. The standard InChI is InChI=1S/C15H14N2O5/c1-9(15(20)21)16-13(18)10-5-2-3-6-11(10)17-14(19)12-7-4-8-22-12/h2-9H,1H3,(H,16,18)(H,17,19)(H,20,21)/t9-/m0/s1. The lowest BCUT2D eigenvalue weighted by molar-refractivity contribution is -0.138. The van der Waals surface area contributed by atoms with Gasteiger partial charge in [-0.2, -0.15) is 0 Å². The summed E-state index contributed by atoms with van der Waals surface area (Å²) < 4.78 is 4.97. The molecular formula is C15H14N2O5. The maximum Gasteiger partial charge on any atom is 0.325 e. The van der Waals surface area contributed by atoms with Gasteiger partial charge in [0.15, 0.2) is 5.76 Å². The van der Waals surface area contributed by atoms with E-state index in [1.165, 1.54) is 25.3 Å². The third-order valence-electron chi connectivity index (χ3n) is 2.88. The molecule has 0 spiro atoms. The van der Waals surface area contributed by atoms with Gasteiger partial charge in [0.1, 0.15) is 6.04 Å². The summed E-state index contributed by atoms with van der Waals surface area (Å²) in [4.78, 5) is 34.8. The van der Waals surface area contributed by atoms with Crippen molar-refractivity contribution in [2.24, 2.45) is 0 Å². The van der Waals surface area contributed by atoms with E-state index < -0.39 is 23.8 Å². The highest BCUT2D eigenvalue weighted by Crippen LogP contribution is 2.16. The summed E-state index contributed by atoms with van der Waals surface area (Å²) in [6.45, 7) is 1.35. The fourth-order valence-electron chi connectivity index (χ4n) is 1.72. The number of benzene rings is 1. The minimum atomic E-state index is -1.15. The number of nitrogens with one attached hydrogen (secondary N) is 2. The average molecular weight is 302 g/mol. The Morgan fingerprint density at radius 2 is 1.82 bits per heavy atom. The Morgan fingerprint density at radius 3 is 2.45 bits per heavy atom. The first-order valence-electron chi connectivity index (χ1n) is 6.46. The maximum atomic E-state index is 12.1. The molecule has 1 aromatic carbocycles. The summed E-state index contributed by atoms with van der Waals surface area (Å²) in [7, 11) is 0. The molecule has 0 aliphatic rings. The zero-order valence-corrected chi connectivity index (χ0v) is 11.7. The molecular weight excluding hydrogens is 288 g/mol. The van der Waals surface area contributed by atoms with Gasteiger partial charge in [-0.25, -0.2) is 0 Å². The summed E-state index contributed by atoms with van der Waals surface area (Å²) in [5.41, 5.74) is 0.425. The topological polar surface area (TPSA) is 109 Å². The van der Waals surface area contributed by atoms with Gasteiger partial charge in [-0.15, -0.1) is 0 Å². The van der Waals surface area contributed by atoms with Crippen LogP contribution in [0.3, 0.4) is 0 Å². The van der Waals surface area contributed by atoms with Gasteiger partial charge >= 0.3 is 5.97 Å². The molecule has 1 aromatic heterocycles. The highest BCUT2D eigenvalue weighted by molar-refractivity contribution is 6.08. The van der Waals surface area contributed by atoms with E-state index in [0.29, 0.717) is 0 Å². The van der Waals surface area contributed by atoms with Crippen molar-refractivity contribution in [3.05, 3.63) is 54.0 Å². The Hall–Kier alpha value is -3.09. The first-order valence-corrected chi connectivity index (χ1v) is 6.46. The van der Waals surface area contributed by atoms with Crippen molar-refractivity contribution in [2.75, 3.05) is 5.32 Å². The largest absolute Gasteiger partial charge is 0.480 e. The van der Waals surface area contributed by atoms with E-state index in [4.69, 9.17) is 9.52 Å². The number of carbonyl (C=O) groups is 3. The Kier molecular flexibility index (Phi) is 4.57. The molecule has 2 aromatic rings. The summed E-state index contributed by atoms with van der Waals surface area (Å²) >= 11 is 0. The molecule has 7 heteroatoms. The van der Waals surface area contributed by atoms with E-state index >= 15 is 0 Å². The Morgan fingerprint density at radius 1 is 1.09 bits per heavy atom. The molecule has 0 radical (unpaired) electrons. The molecule has 0 bridgehead atoms. The van der Waals surface area contributed by atoms with Gasteiger partial charge < -0.3 is 20.2 Å². The average Bonchev–Trinajstić information content (AvgIpc) is 3.01. The molecule has 0 saturated carbocycles. The summed E-state index contributed by atoms with van der Waals surface area (Å²) in [5, 5.41) is 13.7. The minimum absolute atomic E-state index is 0.106. The molecule has 0 aliphatic carbocycles. The van der Waals surface area contributed by atoms with Crippen LogP contribution in [-0.4, -0.2) is 28.9 Å². The van der Waals surface area contributed by atoms with Gasteiger partial charge in [-0.05, 0) is 31.2 Å². The zero-order valence-electron chi connectivity index (χ0n) is 11.7. The zero-order chi connectivity index (χ0) is 16.1. The second-order valence-corrected chi connectivity index (χ2v) is 4.51. The lowest BCUT2D eigenvalue weighted by Crippen LogP contribution is -2.38. The number of hydrogen-bond acceptors (Lipinski definition) is 4. The SMILES string of the molecule is C[C@H](NC(=O)c1ccccc1NC(=O)c1ccco1)C(=O)O. The molecule has 2 amide bonds. The van der Waals surface area contributed by atoms with Crippen molar-refractivity contribution in [1.82, 2.24) is 5.32 Å². The Labute approximate surface area is 125 Å². The maximum absolute atomic E-state index is 12.1. The normalized spacial score (nSPS) is 11.5. The summed E-state index contributed by atoms with van der Waals surface area (Å²) in [6, 6.07) is 8.31. The quantitative estimate of drug-likeness (QED) is 0.779. The molecule has 22 heavy (non-hydrogen) atoms. The molecule has 1 heterocycles. The Balaban J connectivity index is 2.18. The molecule has 114 valence electrons. The number of amides is 2. The molecule has 0 unspecified atom stereocenters. The van der Waals surface area contributed by atoms with Crippen LogP contribution in [0.15, 0.2) is 47.1 Å². The fourth-order valence-corrected chi connectivity index (χ4v) is 1.72. The highest BCUT2D eigenvalue weighted by Gasteiger charge is 2.19. The highest BCUT2D eigenvalue weighted by atomic mass is 16.4. The van der Waals surface area contributed by atoms with Crippen LogP contribution in [0.1, 0.15) is 27.8 Å². The number of carboxylic acids is 1. The summed E-state index contributed by atoms with van der Waals surface area (Å²) in [6.07, 6.45) is 1.36. The predicted octanol–water partition coefficient (Wildman–Crippen LogP) is 1.73. The van der Waals surface area contributed by atoms with Crippen LogP contribution in [-0.2, 0) is 4.79 Å². The minimum Gasteiger partial charge on any atom is -0.480 e. The van der Waals surface area contributed by atoms with Crippen LogP contribution in [0, 0.1) is 0 Å². The van der Waals surface area contributed by atoms with Gasteiger partial charge in [0.2, 0.25) is 0 Å². The van der Waals surface area contributed by atoms with Crippen molar-refractivity contribution >= 4 is 23.5 Å². The second-order valence-electron chi connectivity index (χ2n) is 4.51. The number of furan rings is 1. The van der Waals surface area contributed by atoms with Gasteiger partial charge in [-0.1, -0.05) is 12.1 Å². The molecule has 0 saturated heterocycles. The van der Waals surface area contributed by atoms with E-state index in [9.17, 15) is 14.4 Å². The van der Waals surface area contributed by atoms with Crippen LogP contribution in [0.5, 0.6) is 0 Å². The Bertz CT molecular complexity index is 694. The lowest BCUT2D eigenvalue weighted by Gasteiger charge is -2.12. The van der Waals surface area contributed by atoms with Crippen LogP contribution in [0.25, 0.3) is 0 Å². The van der Waals surface area contributed by atoms with Gasteiger partial charge in [0.05, 0.1) is 17.5 Å². The van der Waals surface area contributed by atoms with E-state index in [1.807, 2.05) is 0 Å². The van der Waals surface area contributed by atoms with Crippen molar-refractivity contribution in [2.45, 2.75) is 13.0 Å². The number of carboxylic acid groups (broad SMARTS) is 1. The van der Waals surface area contributed by atoms with Gasteiger partial charge in [-0.3, -0.25) is 14.4 Å². The third-order valence-corrected chi connectivity index (χ3v) is 2.88. The van der Waals surface area contributed by atoms with E-state index in [0.717, 1.165) is 0 Å². The van der Waals surface area contributed by atoms with Crippen LogP contribution >= 0.6 is 0 Å². The van der Waals surface area contributed by atoms with Crippen LogP contribution < -0.4 is 10.6 Å². The number of para-hydroxylation sites is 1. The lowest BCUT2D eigenvalue weighted by atomic mass is 10.1. The molecule has 0 fully saturated rings. The smallest absolute Gasteiger partial charge is 0.325 e. The van der Waals surface area contributed by atoms with Crippen molar-refractivity contribution in [3.63, 3.8) is 0 Å². The number of carbonyl (C=O) groups excluding carboxylic acids is 2. The monoisotopic (exact) mass is 302 g/mol.